The summed E-state index contributed by atoms with van der Waals surface area (Å²) in [6, 6.07) is 4.42. The van der Waals surface area contributed by atoms with Crippen molar-refractivity contribution >= 4 is 17.3 Å². The van der Waals surface area contributed by atoms with Crippen molar-refractivity contribution in [3.63, 3.8) is 0 Å². The van der Waals surface area contributed by atoms with E-state index in [0.29, 0.717) is 5.56 Å². The maximum absolute atomic E-state index is 10.6. The molecule has 2 unspecified atom stereocenters. The first-order valence-electron chi connectivity index (χ1n) is 11.2. The molecule has 1 saturated heterocycles. The molecule has 0 spiro atoms. The number of H-pyrrole nitrogens is 1. The third kappa shape index (κ3) is 9.26. The number of carboxylic acid groups (broad SMARTS) is 1. The second-order valence-electron chi connectivity index (χ2n) is 6.69. The first-order valence-corrected chi connectivity index (χ1v) is 12.1. The third-order valence-electron chi connectivity index (χ3n) is 4.87. The van der Waals surface area contributed by atoms with Crippen LogP contribution >= 0.6 is 11.3 Å². The van der Waals surface area contributed by atoms with E-state index in [-0.39, 0.29) is 0 Å². The van der Waals surface area contributed by atoms with E-state index in [1.165, 1.54) is 56.4 Å². The Balaban J connectivity index is 0.000000462. The van der Waals surface area contributed by atoms with Crippen LogP contribution in [0.5, 0.6) is 0 Å². The third-order valence-corrected chi connectivity index (χ3v) is 5.82. The lowest BCUT2D eigenvalue weighted by molar-refractivity contribution is 0.0697. The van der Waals surface area contributed by atoms with Gasteiger partial charge in [-0.1, -0.05) is 40.5 Å². The lowest BCUT2D eigenvalue weighted by atomic mass is 9.80. The molecule has 1 aliphatic heterocycles. The molecule has 3 N–H and O–H groups in total. The summed E-state index contributed by atoms with van der Waals surface area (Å²) < 4.78 is 0. The number of rotatable bonds is 2. The summed E-state index contributed by atoms with van der Waals surface area (Å²) in [7, 11) is 0. The molecular formula is C24H41N3O2S. The summed E-state index contributed by atoms with van der Waals surface area (Å²) in [6.45, 7) is 17.2. The van der Waals surface area contributed by atoms with Crippen LogP contribution in [0.25, 0.3) is 10.6 Å². The van der Waals surface area contributed by atoms with Crippen molar-refractivity contribution in [2.24, 2.45) is 5.92 Å². The fraction of sp³-hybridized carbons (Fsp3) is 0.583. The van der Waals surface area contributed by atoms with Gasteiger partial charge in [0, 0.05) is 17.1 Å². The average molecular weight is 436 g/mol. The summed E-state index contributed by atoms with van der Waals surface area (Å²) in [4.78, 5) is 11.5. The Kier molecular flexibility index (Phi) is 15.8. The van der Waals surface area contributed by atoms with Gasteiger partial charge in [-0.05, 0) is 57.2 Å². The van der Waals surface area contributed by atoms with Gasteiger partial charge in [0.05, 0.1) is 10.4 Å². The molecule has 170 valence electrons. The second kappa shape index (κ2) is 16.8. The zero-order chi connectivity index (χ0) is 22.9. The molecule has 2 aromatic rings. The smallest absolute Gasteiger partial charge is 0.336 e. The van der Waals surface area contributed by atoms with Gasteiger partial charge in [0.1, 0.15) is 5.69 Å². The van der Waals surface area contributed by atoms with E-state index in [2.05, 4.69) is 28.7 Å². The molecule has 0 radical (unpaired) electrons. The molecule has 1 saturated carbocycles. The summed E-state index contributed by atoms with van der Waals surface area (Å²) in [6.07, 6.45) is 8.82. The molecule has 30 heavy (non-hydrogen) atoms. The number of hydrogen-bond acceptors (Lipinski definition) is 4. The van der Waals surface area contributed by atoms with Gasteiger partial charge in [-0.15, -0.1) is 24.5 Å². The highest BCUT2D eigenvalue weighted by molar-refractivity contribution is 7.13. The maximum atomic E-state index is 10.6. The van der Waals surface area contributed by atoms with Gasteiger partial charge in [-0.25, -0.2) is 4.79 Å². The highest BCUT2D eigenvalue weighted by Gasteiger charge is 2.26. The zero-order valence-corrected chi connectivity index (χ0v) is 20.3. The molecule has 6 heteroatoms. The van der Waals surface area contributed by atoms with Crippen LogP contribution < -0.4 is 5.32 Å². The molecular weight excluding hydrogens is 394 g/mol. The molecule has 0 amide bonds. The molecule has 1 aliphatic carbocycles. The molecule has 4 rings (SSSR count). The monoisotopic (exact) mass is 435 g/mol. The topological polar surface area (TPSA) is 78.0 Å². The number of aromatic carboxylic acids is 1. The van der Waals surface area contributed by atoms with Crippen molar-refractivity contribution in [1.82, 2.24) is 15.5 Å². The van der Waals surface area contributed by atoms with Crippen molar-refractivity contribution in [2.45, 2.75) is 79.2 Å². The molecule has 0 bridgehead atoms. The fourth-order valence-corrected chi connectivity index (χ4v) is 4.44. The second-order valence-corrected chi connectivity index (χ2v) is 7.60. The highest BCUT2D eigenvalue weighted by atomic mass is 32.1. The minimum atomic E-state index is -0.903. The molecule has 2 atom stereocenters. The SMILES string of the molecule is C1CCC2NCCCC2C1.C=C.CC.CC.Cc1cc(-c2cc(C(=O)O)cs2)n[nH]1. The van der Waals surface area contributed by atoms with Gasteiger partial charge in [0.15, 0.2) is 0 Å². The maximum Gasteiger partial charge on any atom is 0.336 e. The number of thiophene rings is 1. The van der Waals surface area contributed by atoms with Crippen molar-refractivity contribution in [1.29, 1.82) is 0 Å². The largest absolute Gasteiger partial charge is 0.478 e. The predicted molar refractivity (Wildman–Crippen MR) is 131 cm³/mol. The Labute approximate surface area is 187 Å². The van der Waals surface area contributed by atoms with E-state index in [1.807, 2.05) is 40.7 Å². The van der Waals surface area contributed by atoms with Crippen LogP contribution in [0.4, 0.5) is 0 Å². The fourth-order valence-electron chi connectivity index (χ4n) is 3.60. The van der Waals surface area contributed by atoms with Gasteiger partial charge in [-0.3, -0.25) is 5.10 Å². The minimum absolute atomic E-state index is 0.311. The summed E-state index contributed by atoms with van der Waals surface area (Å²) in [5.41, 5.74) is 2.07. The average Bonchev–Trinajstić information content (AvgIpc) is 3.48. The number of piperidine rings is 1. The molecule has 0 aromatic carbocycles. The van der Waals surface area contributed by atoms with E-state index in [1.54, 1.807) is 11.4 Å². The number of hydrogen-bond donors (Lipinski definition) is 3. The Morgan fingerprint density at radius 3 is 2.27 bits per heavy atom. The van der Waals surface area contributed by atoms with Gasteiger partial charge >= 0.3 is 5.97 Å². The predicted octanol–water partition coefficient (Wildman–Crippen LogP) is 6.93. The number of aromatic nitrogens is 2. The Hall–Kier alpha value is -1.92. The number of aromatic amines is 1. The normalized spacial score (nSPS) is 19.0. The van der Waals surface area contributed by atoms with Crippen molar-refractivity contribution in [3.05, 3.63) is 41.9 Å². The van der Waals surface area contributed by atoms with Crippen LogP contribution in [0.15, 0.2) is 30.7 Å². The van der Waals surface area contributed by atoms with E-state index in [0.717, 1.165) is 28.2 Å². The molecule has 5 nitrogen and oxygen atoms in total. The van der Waals surface area contributed by atoms with Gasteiger partial charge in [-0.2, -0.15) is 5.10 Å². The summed E-state index contributed by atoms with van der Waals surface area (Å²) in [5, 5.41) is 20.8. The van der Waals surface area contributed by atoms with Gasteiger partial charge < -0.3 is 10.4 Å². The number of aryl methyl sites for hydroxylation is 1. The zero-order valence-electron chi connectivity index (χ0n) is 19.5. The lowest BCUT2D eigenvalue weighted by Crippen LogP contribution is -2.42. The highest BCUT2D eigenvalue weighted by Crippen LogP contribution is 2.30. The van der Waals surface area contributed by atoms with Crippen LogP contribution in [-0.4, -0.2) is 33.9 Å². The van der Waals surface area contributed by atoms with Gasteiger partial charge in [0.2, 0.25) is 0 Å². The molecule has 2 aliphatic rings. The lowest BCUT2D eigenvalue weighted by Gasteiger charge is -2.36. The van der Waals surface area contributed by atoms with E-state index >= 15 is 0 Å². The minimum Gasteiger partial charge on any atom is -0.478 e. The van der Waals surface area contributed by atoms with E-state index in [4.69, 9.17) is 5.11 Å². The number of carbonyl (C=O) groups is 1. The Bertz CT molecular complexity index is 670. The molecule has 2 aromatic heterocycles. The van der Waals surface area contributed by atoms with Crippen molar-refractivity contribution < 1.29 is 9.90 Å². The summed E-state index contributed by atoms with van der Waals surface area (Å²) >= 11 is 1.38. The van der Waals surface area contributed by atoms with Crippen molar-refractivity contribution in [2.75, 3.05) is 6.54 Å². The van der Waals surface area contributed by atoms with Crippen LogP contribution in [-0.2, 0) is 0 Å². The summed E-state index contributed by atoms with van der Waals surface area (Å²) in [5.74, 6) is 0.141. The first-order chi connectivity index (χ1) is 14.6. The number of fused-ring (bicyclic) bond motifs is 1. The van der Waals surface area contributed by atoms with Gasteiger partial charge in [0.25, 0.3) is 0 Å². The Morgan fingerprint density at radius 1 is 1.10 bits per heavy atom. The molecule has 3 heterocycles. The van der Waals surface area contributed by atoms with Crippen LogP contribution in [0.3, 0.4) is 0 Å². The Morgan fingerprint density at radius 2 is 1.73 bits per heavy atom. The molecule has 2 fully saturated rings. The number of nitrogens with zero attached hydrogens (tertiary/aromatic N) is 1. The number of carboxylic acids is 1. The van der Waals surface area contributed by atoms with E-state index < -0.39 is 5.97 Å². The standard InChI is InChI=1S/C9H8N2O2S.C9H17N.2C2H6.C2H4/c1-5-2-7(11-10-5)8-3-6(4-14-8)9(12)13;1-2-6-9-8(4-1)5-3-7-10-9;3*1-2/h2-4H,1H3,(H,10,11)(H,12,13);8-10H,1-7H2;2*1-2H3;1-2H2. The van der Waals surface area contributed by atoms with Crippen LogP contribution in [0, 0.1) is 12.8 Å². The van der Waals surface area contributed by atoms with E-state index in [9.17, 15) is 4.79 Å². The first kappa shape index (κ1) is 28.1. The number of nitrogens with one attached hydrogen (secondary N) is 2. The van der Waals surface area contributed by atoms with Crippen molar-refractivity contribution in [3.8, 4) is 10.6 Å². The van der Waals surface area contributed by atoms with Crippen LogP contribution in [0.2, 0.25) is 0 Å². The quantitative estimate of drug-likeness (QED) is 0.447. The van der Waals surface area contributed by atoms with Crippen LogP contribution in [0.1, 0.15) is 82.3 Å².